The fourth-order valence-corrected chi connectivity index (χ4v) is 3.12. The zero-order valence-electron chi connectivity index (χ0n) is 14.7. The first kappa shape index (κ1) is 17.5. The van der Waals surface area contributed by atoms with E-state index in [0.29, 0.717) is 12.5 Å². The third-order valence-electron chi connectivity index (χ3n) is 4.45. The summed E-state index contributed by atoms with van der Waals surface area (Å²) in [6.07, 6.45) is 3.36. The minimum absolute atomic E-state index is 0.0235. The predicted molar refractivity (Wildman–Crippen MR) is 93.1 cm³/mol. The van der Waals surface area contributed by atoms with Crippen LogP contribution >= 0.6 is 0 Å². The molecule has 1 aliphatic rings. The second-order valence-electron chi connectivity index (χ2n) is 6.18. The minimum atomic E-state index is -0.0995. The molecule has 1 aromatic heterocycles. The Kier molecular flexibility index (Phi) is 5.71. The maximum Gasteiger partial charge on any atom is 0.308 e. The van der Waals surface area contributed by atoms with Crippen LogP contribution in [0.25, 0.3) is 11.5 Å². The molecule has 2 heterocycles. The van der Waals surface area contributed by atoms with E-state index in [9.17, 15) is 4.79 Å². The summed E-state index contributed by atoms with van der Waals surface area (Å²) in [6, 6.07) is 7.74. The Bertz CT molecular complexity index is 705. The van der Waals surface area contributed by atoms with Crippen LogP contribution in [-0.2, 0) is 16.1 Å². The van der Waals surface area contributed by atoms with Crippen molar-refractivity contribution in [2.75, 3.05) is 26.8 Å². The van der Waals surface area contributed by atoms with Crippen LogP contribution in [0.5, 0.6) is 5.75 Å². The molecule has 1 fully saturated rings. The molecule has 0 aliphatic carbocycles. The summed E-state index contributed by atoms with van der Waals surface area (Å²) in [4.78, 5) is 18.5. The number of hydrogen-bond acceptors (Lipinski definition) is 6. The van der Waals surface area contributed by atoms with Gasteiger partial charge in [0.25, 0.3) is 0 Å². The number of hydrogen-bond donors (Lipinski definition) is 0. The fourth-order valence-electron chi connectivity index (χ4n) is 3.12. The maximum absolute atomic E-state index is 11.6. The zero-order valence-corrected chi connectivity index (χ0v) is 14.7. The van der Waals surface area contributed by atoms with E-state index in [2.05, 4.69) is 9.88 Å². The van der Waals surface area contributed by atoms with Crippen LogP contribution in [0.4, 0.5) is 0 Å². The van der Waals surface area contributed by atoms with Crippen molar-refractivity contribution in [3.05, 3.63) is 36.2 Å². The van der Waals surface area contributed by atoms with E-state index in [4.69, 9.17) is 13.9 Å². The Labute approximate surface area is 147 Å². The third-order valence-corrected chi connectivity index (χ3v) is 4.45. The molecule has 1 aliphatic heterocycles. The van der Waals surface area contributed by atoms with E-state index in [1.165, 1.54) is 7.11 Å². The summed E-state index contributed by atoms with van der Waals surface area (Å²) in [7, 11) is 1.45. The number of oxazole rings is 1. The molecule has 6 nitrogen and oxygen atoms in total. The molecule has 134 valence electrons. The molecule has 6 heteroatoms. The summed E-state index contributed by atoms with van der Waals surface area (Å²) >= 11 is 0. The Morgan fingerprint density at radius 2 is 2.16 bits per heavy atom. The first-order valence-corrected chi connectivity index (χ1v) is 8.67. The van der Waals surface area contributed by atoms with Gasteiger partial charge in [-0.05, 0) is 51.1 Å². The molecule has 0 saturated carbocycles. The van der Waals surface area contributed by atoms with Gasteiger partial charge in [0, 0.05) is 12.1 Å². The molecule has 0 radical (unpaired) electrons. The molecule has 0 N–H and O–H groups in total. The fraction of sp³-hybridized carbons (Fsp3) is 0.474. The summed E-state index contributed by atoms with van der Waals surface area (Å²) in [5.74, 6) is 1.33. The smallest absolute Gasteiger partial charge is 0.308 e. The molecule has 1 aromatic carbocycles. The number of benzene rings is 1. The molecular formula is C19H24N2O4. The SMILES string of the molecule is CCOc1cccc(-c2nc(CN3CCC(C(=O)OC)CC3)co2)c1. The number of ether oxygens (including phenoxy) is 2. The molecule has 0 atom stereocenters. The molecular weight excluding hydrogens is 320 g/mol. The van der Waals surface area contributed by atoms with E-state index in [1.807, 2.05) is 31.2 Å². The average molecular weight is 344 g/mol. The van der Waals surface area contributed by atoms with Crippen LogP contribution in [0.2, 0.25) is 0 Å². The van der Waals surface area contributed by atoms with Crippen molar-refractivity contribution in [2.45, 2.75) is 26.3 Å². The van der Waals surface area contributed by atoms with Gasteiger partial charge in [-0.1, -0.05) is 6.07 Å². The third kappa shape index (κ3) is 4.39. The Morgan fingerprint density at radius 3 is 2.88 bits per heavy atom. The molecule has 0 spiro atoms. The Balaban J connectivity index is 1.59. The second-order valence-corrected chi connectivity index (χ2v) is 6.18. The summed E-state index contributed by atoms with van der Waals surface area (Å²) < 4.78 is 16.0. The van der Waals surface area contributed by atoms with E-state index >= 15 is 0 Å². The van der Waals surface area contributed by atoms with Crippen molar-refractivity contribution in [1.29, 1.82) is 0 Å². The number of aromatic nitrogens is 1. The number of likely N-dealkylation sites (tertiary alicyclic amines) is 1. The molecule has 25 heavy (non-hydrogen) atoms. The highest BCUT2D eigenvalue weighted by molar-refractivity contribution is 5.72. The number of piperidine rings is 1. The lowest BCUT2D eigenvalue weighted by atomic mass is 9.97. The van der Waals surface area contributed by atoms with Gasteiger partial charge in [-0.3, -0.25) is 9.69 Å². The van der Waals surface area contributed by atoms with Crippen LogP contribution in [0.15, 0.2) is 34.9 Å². The number of carbonyl (C=O) groups excluding carboxylic acids is 1. The summed E-state index contributed by atoms with van der Waals surface area (Å²) in [5.41, 5.74) is 1.80. The Morgan fingerprint density at radius 1 is 1.36 bits per heavy atom. The topological polar surface area (TPSA) is 64.8 Å². The minimum Gasteiger partial charge on any atom is -0.494 e. The number of nitrogens with zero attached hydrogens (tertiary/aromatic N) is 2. The highest BCUT2D eigenvalue weighted by atomic mass is 16.5. The second kappa shape index (κ2) is 8.16. The number of rotatable bonds is 6. The summed E-state index contributed by atoms with van der Waals surface area (Å²) in [5, 5.41) is 0. The van der Waals surface area contributed by atoms with E-state index in [1.54, 1.807) is 6.26 Å². The highest BCUT2D eigenvalue weighted by Crippen LogP contribution is 2.25. The van der Waals surface area contributed by atoms with E-state index in [-0.39, 0.29) is 11.9 Å². The molecule has 2 aromatic rings. The lowest BCUT2D eigenvalue weighted by Crippen LogP contribution is -2.36. The quantitative estimate of drug-likeness (QED) is 0.750. The number of esters is 1. The van der Waals surface area contributed by atoms with Gasteiger partial charge in [-0.25, -0.2) is 4.98 Å². The summed E-state index contributed by atoms with van der Waals surface area (Å²) in [6.45, 7) is 5.03. The molecule has 0 bridgehead atoms. The van der Waals surface area contributed by atoms with Crippen molar-refractivity contribution in [2.24, 2.45) is 5.92 Å². The Hall–Kier alpha value is -2.34. The molecule has 0 unspecified atom stereocenters. The lowest BCUT2D eigenvalue weighted by Gasteiger charge is -2.29. The normalized spacial score (nSPS) is 15.9. The average Bonchev–Trinajstić information content (AvgIpc) is 3.11. The first-order chi connectivity index (χ1) is 12.2. The van der Waals surface area contributed by atoms with Crippen LogP contribution in [0, 0.1) is 5.92 Å². The van der Waals surface area contributed by atoms with Crippen molar-refractivity contribution in [3.63, 3.8) is 0 Å². The number of methoxy groups -OCH3 is 1. The lowest BCUT2D eigenvalue weighted by molar-refractivity contribution is -0.147. The van der Waals surface area contributed by atoms with E-state index < -0.39 is 0 Å². The van der Waals surface area contributed by atoms with Crippen LogP contribution in [0.3, 0.4) is 0 Å². The largest absolute Gasteiger partial charge is 0.494 e. The van der Waals surface area contributed by atoms with Gasteiger partial charge in [-0.15, -0.1) is 0 Å². The molecule has 0 amide bonds. The van der Waals surface area contributed by atoms with Crippen molar-refractivity contribution in [3.8, 4) is 17.2 Å². The highest BCUT2D eigenvalue weighted by Gasteiger charge is 2.26. The first-order valence-electron chi connectivity index (χ1n) is 8.67. The van der Waals surface area contributed by atoms with E-state index in [0.717, 1.165) is 49.5 Å². The van der Waals surface area contributed by atoms with Crippen molar-refractivity contribution in [1.82, 2.24) is 9.88 Å². The van der Waals surface area contributed by atoms with Crippen LogP contribution in [-0.4, -0.2) is 42.7 Å². The van der Waals surface area contributed by atoms with Gasteiger partial charge in [0.1, 0.15) is 12.0 Å². The monoisotopic (exact) mass is 344 g/mol. The zero-order chi connectivity index (χ0) is 17.6. The number of carbonyl (C=O) groups is 1. The van der Waals surface area contributed by atoms with Gasteiger partial charge >= 0.3 is 5.97 Å². The molecule has 1 saturated heterocycles. The van der Waals surface area contributed by atoms with Gasteiger partial charge < -0.3 is 13.9 Å². The van der Waals surface area contributed by atoms with Gasteiger partial charge in [-0.2, -0.15) is 0 Å². The van der Waals surface area contributed by atoms with Gasteiger partial charge in [0.05, 0.1) is 25.3 Å². The maximum atomic E-state index is 11.6. The van der Waals surface area contributed by atoms with Crippen LogP contribution in [0.1, 0.15) is 25.5 Å². The van der Waals surface area contributed by atoms with Crippen molar-refractivity contribution < 1.29 is 18.7 Å². The van der Waals surface area contributed by atoms with Gasteiger partial charge in [0.15, 0.2) is 0 Å². The van der Waals surface area contributed by atoms with Crippen molar-refractivity contribution >= 4 is 5.97 Å². The molecule has 3 rings (SSSR count). The standard InChI is InChI=1S/C19H24N2O4/c1-3-24-17-6-4-5-15(11-17)18-20-16(13-25-18)12-21-9-7-14(8-10-21)19(22)23-2/h4-6,11,13-14H,3,7-10,12H2,1-2H3. The van der Waals surface area contributed by atoms with Gasteiger partial charge in [0.2, 0.25) is 5.89 Å². The van der Waals surface area contributed by atoms with Crippen LogP contribution < -0.4 is 4.74 Å². The predicted octanol–water partition coefficient (Wildman–Crippen LogP) is 3.13.